The van der Waals surface area contributed by atoms with Gasteiger partial charge < -0.3 is 20.1 Å². The van der Waals surface area contributed by atoms with Crippen LogP contribution >= 0.6 is 0 Å². The van der Waals surface area contributed by atoms with Crippen molar-refractivity contribution < 1.29 is 19.0 Å². The van der Waals surface area contributed by atoms with Crippen molar-refractivity contribution in [3.05, 3.63) is 59.3 Å². The molecule has 3 aromatic rings. The molecule has 11 heteroatoms. The molecule has 5 heterocycles. The Hall–Kier alpha value is -2.96. The first-order valence-corrected chi connectivity index (χ1v) is 14.5. The van der Waals surface area contributed by atoms with E-state index in [0.717, 1.165) is 50.8 Å². The summed E-state index contributed by atoms with van der Waals surface area (Å²) in [4.78, 5) is 20.8. The molecule has 0 unspecified atom stereocenters. The second-order valence-electron chi connectivity index (χ2n) is 12.5. The number of halogens is 1. The van der Waals surface area contributed by atoms with Gasteiger partial charge in [0.15, 0.2) is 5.65 Å². The number of aliphatic hydroxyl groups is 1. The van der Waals surface area contributed by atoms with Crippen LogP contribution < -0.4 is 10.2 Å². The maximum absolute atomic E-state index is 14.1. The van der Waals surface area contributed by atoms with Gasteiger partial charge in [0.05, 0.1) is 31.1 Å². The molecule has 0 bridgehead atoms. The molecule has 3 aliphatic rings. The van der Waals surface area contributed by atoms with Gasteiger partial charge in [0, 0.05) is 61.8 Å². The van der Waals surface area contributed by atoms with Crippen LogP contribution in [0.2, 0.25) is 0 Å². The molecule has 2 saturated heterocycles. The van der Waals surface area contributed by atoms with Gasteiger partial charge in [-0.3, -0.25) is 19.0 Å². The van der Waals surface area contributed by atoms with Crippen molar-refractivity contribution in [3.63, 3.8) is 0 Å². The summed E-state index contributed by atoms with van der Waals surface area (Å²) in [5.74, 6) is -0.342. The van der Waals surface area contributed by atoms with Crippen LogP contribution in [0.1, 0.15) is 50.6 Å². The number of anilines is 1. The molecule has 10 nitrogen and oxygen atoms in total. The first-order chi connectivity index (χ1) is 19.6. The quantitative estimate of drug-likeness (QED) is 0.468. The molecule has 0 aliphatic carbocycles. The molecule has 2 fully saturated rings. The van der Waals surface area contributed by atoms with E-state index in [0.29, 0.717) is 35.9 Å². The highest BCUT2D eigenvalue weighted by atomic mass is 19.1. The molecule has 1 aromatic carbocycles. The number of benzene rings is 1. The molecule has 1 amide bonds. The normalized spacial score (nSPS) is 25.9. The minimum atomic E-state index is -1.05. The van der Waals surface area contributed by atoms with Gasteiger partial charge in [0.25, 0.3) is 0 Å². The highest BCUT2D eigenvalue weighted by Crippen LogP contribution is 2.43. The second kappa shape index (κ2) is 11.0. The fourth-order valence-electron chi connectivity index (χ4n) is 6.65. The van der Waals surface area contributed by atoms with Crippen molar-refractivity contribution in [1.82, 2.24) is 29.7 Å². The molecule has 6 rings (SSSR count). The summed E-state index contributed by atoms with van der Waals surface area (Å²) in [6, 6.07) is 8.50. The van der Waals surface area contributed by atoms with Gasteiger partial charge >= 0.3 is 0 Å². The number of carbonyl (C=O) groups is 1. The molecule has 4 atom stereocenters. The van der Waals surface area contributed by atoms with Crippen molar-refractivity contribution >= 4 is 17.2 Å². The van der Waals surface area contributed by atoms with Crippen molar-refractivity contribution in [2.45, 2.75) is 57.3 Å². The number of nitrogens with one attached hydrogen (secondary N) is 1. The summed E-state index contributed by atoms with van der Waals surface area (Å²) in [6.45, 7) is 14.3. The molecule has 0 saturated carbocycles. The van der Waals surface area contributed by atoms with E-state index >= 15 is 0 Å². The Morgan fingerprint density at radius 1 is 1.24 bits per heavy atom. The topological polar surface area (TPSA) is 98.5 Å². The van der Waals surface area contributed by atoms with Crippen LogP contribution in [-0.2, 0) is 14.9 Å². The SMILES string of the molecule is C[C@@H]1CN(CC(=O)N2CC(C)(C)c3c2cc([C@H](O)c2ccc(F)cc2)c2nncn32)[C@@H](CN2CCOC[C@H]2C)CN1. The lowest BCUT2D eigenvalue weighted by Crippen LogP contribution is -2.62. The van der Waals surface area contributed by atoms with Crippen molar-refractivity contribution in [1.29, 1.82) is 0 Å². The van der Waals surface area contributed by atoms with E-state index in [4.69, 9.17) is 4.74 Å². The summed E-state index contributed by atoms with van der Waals surface area (Å²) in [5.41, 5.74) is 2.93. The van der Waals surface area contributed by atoms with E-state index < -0.39 is 6.10 Å². The maximum Gasteiger partial charge on any atom is 0.241 e. The van der Waals surface area contributed by atoms with Crippen LogP contribution in [0.3, 0.4) is 0 Å². The minimum absolute atomic E-state index is 0.0283. The largest absolute Gasteiger partial charge is 0.384 e. The molecular weight excluding hydrogens is 525 g/mol. The number of ether oxygens (including phenoxy) is 1. The third-order valence-electron chi connectivity index (χ3n) is 8.86. The van der Waals surface area contributed by atoms with Gasteiger partial charge in [-0.05, 0) is 37.6 Å². The predicted molar refractivity (Wildman–Crippen MR) is 154 cm³/mol. The molecular formula is C30H40FN7O3. The number of hydrogen-bond donors (Lipinski definition) is 2. The number of morpholine rings is 1. The van der Waals surface area contributed by atoms with Crippen LogP contribution in [0, 0.1) is 5.82 Å². The summed E-state index contributed by atoms with van der Waals surface area (Å²) >= 11 is 0. The Morgan fingerprint density at radius 2 is 2.02 bits per heavy atom. The van der Waals surface area contributed by atoms with Crippen LogP contribution in [0.5, 0.6) is 0 Å². The second-order valence-corrected chi connectivity index (χ2v) is 12.5. The maximum atomic E-state index is 14.1. The zero-order valence-electron chi connectivity index (χ0n) is 24.3. The van der Waals surface area contributed by atoms with E-state index in [-0.39, 0.29) is 29.2 Å². The number of fused-ring (bicyclic) bond motifs is 3. The standard InChI is InChI=1S/C30H40FN7O3/c1-19-13-36(23(12-32-19)14-35-9-10-41-16-20(35)2)15-26(39)37-17-30(3,4)28-25(37)11-24(29-34-33-18-38(28)29)27(40)21-5-7-22(31)8-6-21/h5-8,11,18-20,23,27,32,40H,9-10,12-17H2,1-4H3/t19-,20-,23-,27-/m1/s1. The summed E-state index contributed by atoms with van der Waals surface area (Å²) in [6.07, 6.45) is 0.588. The highest BCUT2D eigenvalue weighted by molar-refractivity contribution is 5.98. The van der Waals surface area contributed by atoms with Gasteiger partial charge in [0.1, 0.15) is 18.2 Å². The van der Waals surface area contributed by atoms with Crippen LogP contribution in [0.4, 0.5) is 10.1 Å². The van der Waals surface area contributed by atoms with Crippen molar-refractivity contribution in [3.8, 4) is 0 Å². The summed E-state index contributed by atoms with van der Waals surface area (Å²) in [5, 5.41) is 23.4. The average Bonchev–Trinajstić information content (AvgIpc) is 3.53. The van der Waals surface area contributed by atoms with Crippen molar-refractivity contribution in [2.24, 2.45) is 0 Å². The molecule has 0 radical (unpaired) electrons. The van der Waals surface area contributed by atoms with Gasteiger partial charge in [0.2, 0.25) is 5.91 Å². The third-order valence-corrected chi connectivity index (χ3v) is 8.86. The number of rotatable bonds is 6. The Morgan fingerprint density at radius 3 is 2.78 bits per heavy atom. The number of aromatic nitrogens is 3. The lowest BCUT2D eigenvalue weighted by atomic mass is 9.90. The lowest BCUT2D eigenvalue weighted by molar-refractivity contribution is -0.121. The smallest absolute Gasteiger partial charge is 0.241 e. The number of pyridine rings is 1. The monoisotopic (exact) mass is 565 g/mol. The Balaban J connectivity index is 1.30. The predicted octanol–water partition coefficient (Wildman–Crippen LogP) is 1.96. The van der Waals surface area contributed by atoms with E-state index in [1.165, 1.54) is 12.1 Å². The Labute approximate surface area is 240 Å². The molecule has 220 valence electrons. The number of aliphatic hydroxyl groups excluding tert-OH is 1. The van der Waals surface area contributed by atoms with E-state index in [1.54, 1.807) is 18.5 Å². The zero-order valence-corrected chi connectivity index (χ0v) is 24.3. The number of nitrogens with zero attached hydrogens (tertiary/aromatic N) is 6. The molecule has 3 aliphatic heterocycles. The fraction of sp³-hybridized carbons (Fsp3) is 0.567. The van der Waals surface area contributed by atoms with Gasteiger partial charge in [-0.15, -0.1) is 10.2 Å². The van der Waals surface area contributed by atoms with Crippen LogP contribution in [-0.4, -0.2) is 106 Å². The molecule has 0 spiro atoms. The van der Waals surface area contributed by atoms with Crippen molar-refractivity contribution in [2.75, 3.05) is 57.4 Å². The molecule has 2 aromatic heterocycles. The first kappa shape index (κ1) is 28.2. The fourth-order valence-corrected chi connectivity index (χ4v) is 6.65. The van der Waals surface area contributed by atoms with E-state index in [2.05, 4.69) is 53.0 Å². The Bertz CT molecular complexity index is 1410. The molecule has 2 N–H and O–H groups in total. The Kier molecular flexibility index (Phi) is 7.58. The van der Waals surface area contributed by atoms with Gasteiger partial charge in [-0.2, -0.15) is 0 Å². The summed E-state index contributed by atoms with van der Waals surface area (Å²) < 4.78 is 21.1. The third kappa shape index (κ3) is 5.37. The zero-order chi connectivity index (χ0) is 28.9. The van der Waals surface area contributed by atoms with Crippen LogP contribution in [0.25, 0.3) is 5.65 Å². The lowest BCUT2D eigenvalue weighted by Gasteiger charge is -2.43. The number of piperazine rings is 1. The highest BCUT2D eigenvalue weighted by Gasteiger charge is 2.42. The molecule has 41 heavy (non-hydrogen) atoms. The number of hydrogen-bond acceptors (Lipinski definition) is 8. The van der Waals surface area contributed by atoms with Crippen LogP contribution in [0.15, 0.2) is 36.7 Å². The average molecular weight is 566 g/mol. The number of carbonyl (C=O) groups excluding carboxylic acids is 1. The van der Waals surface area contributed by atoms with E-state index in [1.807, 2.05) is 15.4 Å². The minimum Gasteiger partial charge on any atom is -0.384 e. The van der Waals surface area contributed by atoms with Gasteiger partial charge in [-0.25, -0.2) is 4.39 Å². The van der Waals surface area contributed by atoms with Gasteiger partial charge in [-0.1, -0.05) is 26.0 Å². The summed E-state index contributed by atoms with van der Waals surface area (Å²) in [7, 11) is 0. The number of amides is 1. The first-order valence-electron chi connectivity index (χ1n) is 14.5. The van der Waals surface area contributed by atoms with E-state index in [9.17, 15) is 14.3 Å².